The van der Waals surface area contributed by atoms with Gasteiger partial charge >= 0.3 is 0 Å². The van der Waals surface area contributed by atoms with E-state index in [1.807, 2.05) is 42.0 Å². The Bertz CT molecular complexity index is 608. The van der Waals surface area contributed by atoms with Crippen molar-refractivity contribution in [3.63, 3.8) is 0 Å². The average molecular weight is 337 g/mol. The molecular formula is C15H17BrN2O2. The van der Waals surface area contributed by atoms with Crippen molar-refractivity contribution in [1.82, 2.24) is 4.57 Å². The quantitative estimate of drug-likeness (QED) is 0.908. The Morgan fingerprint density at radius 3 is 2.95 bits per heavy atom. The summed E-state index contributed by atoms with van der Waals surface area (Å²) in [5, 5.41) is 2.94. The number of carbonyl (C=O) groups is 1. The van der Waals surface area contributed by atoms with Crippen molar-refractivity contribution in [2.45, 2.75) is 13.5 Å². The van der Waals surface area contributed by atoms with Crippen molar-refractivity contribution in [3.05, 3.63) is 52.3 Å². The van der Waals surface area contributed by atoms with E-state index in [1.165, 1.54) is 0 Å². The van der Waals surface area contributed by atoms with Crippen molar-refractivity contribution in [1.29, 1.82) is 0 Å². The fraction of sp³-hybridized carbons (Fsp3) is 0.267. The molecule has 5 heteroatoms. The lowest BCUT2D eigenvalue weighted by molar-refractivity contribution is 0.101. The topological polar surface area (TPSA) is 43.3 Å². The highest BCUT2D eigenvalue weighted by Gasteiger charge is 2.12. The van der Waals surface area contributed by atoms with Crippen molar-refractivity contribution in [3.8, 4) is 0 Å². The molecule has 0 saturated heterocycles. The summed E-state index contributed by atoms with van der Waals surface area (Å²) in [4.78, 5) is 12.3. The molecule has 0 radical (unpaired) electrons. The molecule has 0 spiro atoms. The monoisotopic (exact) mass is 336 g/mol. The summed E-state index contributed by atoms with van der Waals surface area (Å²) in [5.74, 6) is -0.118. The van der Waals surface area contributed by atoms with Crippen LogP contribution in [0.4, 0.5) is 5.69 Å². The standard InChI is InChI=1S/C15H17BrN2O2/c1-11-5-6-12(16)10-13(11)17-15(19)14-4-3-7-18(14)8-9-20-2/h3-7,10H,8-9H2,1-2H3,(H,17,19). The number of amides is 1. The van der Waals surface area contributed by atoms with Crippen LogP contribution in [0.5, 0.6) is 0 Å². The van der Waals surface area contributed by atoms with Gasteiger partial charge in [0.2, 0.25) is 0 Å². The second-order valence-electron chi connectivity index (χ2n) is 4.49. The van der Waals surface area contributed by atoms with Crippen LogP contribution in [0.2, 0.25) is 0 Å². The maximum absolute atomic E-state index is 12.3. The predicted molar refractivity (Wildman–Crippen MR) is 83.1 cm³/mol. The lowest BCUT2D eigenvalue weighted by Crippen LogP contribution is -2.18. The smallest absolute Gasteiger partial charge is 0.272 e. The molecule has 0 atom stereocenters. The maximum Gasteiger partial charge on any atom is 0.272 e. The Morgan fingerprint density at radius 2 is 2.20 bits per heavy atom. The van der Waals surface area contributed by atoms with E-state index in [1.54, 1.807) is 13.2 Å². The SMILES string of the molecule is COCCn1cccc1C(=O)Nc1cc(Br)ccc1C. The number of halogens is 1. The molecule has 2 aromatic rings. The normalized spacial score (nSPS) is 10.6. The molecule has 1 aromatic carbocycles. The minimum atomic E-state index is -0.118. The Kier molecular flexibility index (Phi) is 4.98. The van der Waals surface area contributed by atoms with Gasteiger partial charge in [0.05, 0.1) is 6.61 Å². The summed E-state index contributed by atoms with van der Waals surface area (Å²) in [6, 6.07) is 9.47. The van der Waals surface area contributed by atoms with Gasteiger partial charge in [0.15, 0.2) is 0 Å². The van der Waals surface area contributed by atoms with Gasteiger partial charge in [-0.2, -0.15) is 0 Å². The Morgan fingerprint density at radius 1 is 1.40 bits per heavy atom. The first-order valence-electron chi connectivity index (χ1n) is 6.33. The first-order chi connectivity index (χ1) is 9.61. The molecule has 0 fully saturated rings. The third-order valence-corrected chi connectivity index (χ3v) is 3.54. The molecule has 2 rings (SSSR count). The zero-order chi connectivity index (χ0) is 14.5. The maximum atomic E-state index is 12.3. The van der Waals surface area contributed by atoms with E-state index >= 15 is 0 Å². The lowest BCUT2D eigenvalue weighted by atomic mass is 10.2. The third-order valence-electron chi connectivity index (χ3n) is 3.05. The van der Waals surface area contributed by atoms with Gasteiger partial charge in [-0.15, -0.1) is 0 Å². The van der Waals surface area contributed by atoms with Crippen LogP contribution in [0.1, 0.15) is 16.1 Å². The number of hydrogen-bond acceptors (Lipinski definition) is 2. The van der Waals surface area contributed by atoms with Gasteiger partial charge in [-0.05, 0) is 36.8 Å². The summed E-state index contributed by atoms with van der Waals surface area (Å²) in [5.41, 5.74) is 2.46. The van der Waals surface area contributed by atoms with Crippen LogP contribution < -0.4 is 5.32 Å². The first kappa shape index (κ1) is 14.8. The van der Waals surface area contributed by atoms with E-state index in [0.717, 1.165) is 15.7 Å². The minimum absolute atomic E-state index is 0.118. The highest BCUT2D eigenvalue weighted by atomic mass is 79.9. The van der Waals surface area contributed by atoms with Gasteiger partial charge in [0, 0.05) is 30.0 Å². The molecule has 0 aliphatic heterocycles. The second kappa shape index (κ2) is 6.72. The van der Waals surface area contributed by atoms with Crippen LogP contribution in [0.25, 0.3) is 0 Å². The van der Waals surface area contributed by atoms with E-state index in [0.29, 0.717) is 18.8 Å². The Hall–Kier alpha value is -1.59. The van der Waals surface area contributed by atoms with Crippen LogP contribution >= 0.6 is 15.9 Å². The van der Waals surface area contributed by atoms with Crippen LogP contribution in [0.15, 0.2) is 41.0 Å². The fourth-order valence-corrected chi connectivity index (χ4v) is 2.28. The number of anilines is 1. The zero-order valence-electron chi connectivity index (χ0n) is 11.5. The van der Waals surface area contributed by atoms with E-state index in [2.05, 4.69) is 21.2 Å². The highest BCUT2D eigenvalue weighted by Crippen LogP contribution is 2.21. The molecule has 0 aliphatic carbocycles. The summed E-state index contributed by atoms with van der Waals surface area (Å²) < 4.78 is 7.86. The first-order valence-corrected chi connectivity index (χ1v) is 7.12. The van der Waals surface area contributed by atoms with E-state index in [9.17, 15) is 4.79 Å². The number of benzene rings is 1. The molecule has 4 nitrogen and oxygen atoms in total. The van der Waals surface area contributed by atoms with Gasteiger partial charge < -0.3 is 14.6 Å². The molecule has 0 unspecified atom stereocenters. The zero-order valence-corrected chi connectivity index (χ0v) is 13.1. The van der Waals surface area contributed by atoms with Crippen molar-refractivity contribution < 1.29 is 9.53 Å². The fourth-order valence-electron chi connectivity index (χ4n) is 1.92. The van der Waals surface area contributed by atoms with Gasteiger partial charge in [0.1, 0.15) is 5.69 Å². The van der Waals surface area contributed by atoms with E-state index < -0.39 is 0 Å². The number of methoxy groups -OCH3 is 1. The molecule has 0 aliphatic rings. The van der Waals surface area contributed by atoms with Crippen molar-refractivity contribution in [2.75, 3.05) is 19.0 Å². The number of ether oxygens (including phenoxy) is 1. The van der Waals surface area contributed by atoms with Crippen molar-refractivity contribution in [2.24, 2.45) is 0 Å². The molecule has 1 N–H and O–H groups in total. The van der Waals surface area contributed by atoms with Crippen LogP contribution in [0, 0.1) is 6.92 Å². The summed E-state index contributed by atoms with van der Waals surface area (Å²) in [7, 11) is 1.65. The summed E-state index contributed by atoms with van der Waals surface area (Å²) in [6.45, 7) is 3.20. The molecule has 0 bridgehead atoms. The predicted octanol–water partition coefficient (Wildman–Crippen LogP) is 3.46. The highest BCUT2D eigenvalue weighted by molar-refractivity contribution is 9.10. The van der Waals surface area contributed by atoms with Crippen LogP contribution in [-0.2, 0) is 11.3 Å². The lowest BCUT2D eigenvalue weighted by Gasteiger charge is -2.11. The van der Waals surface area contributed by atoms with Crippen LogP contribution in [0.3, 0.4) is 0 Å². The van der Waals surface area contributed by atoms with Crippen molar-refractivity contribution >= 4 is 27.5 Å². The average Bonchev–Trinajstić information content (AvgIpc) is 2.89. The molecule has 0 saturated carbocycles. The van der Waals surface area contributed by atoms with Gasteiger partial charge in [0.25, 0.3) is 5.91 Å². The third kappa shape index (κ3) is 3.49. The number of aromatic nitrogens is 1. The number of rotatable bonds is 5. The number of carbonyl (C=O) groups excluding carboxylic acids is 1. The minimum Gasteiger partial charge on any atom is -0.383 e. The number of hydrogen-bond donors (Lipinski definition) is 1. The molecule has 20 heavy (non-hydrogen) atoms. The Labute approximate surface area is 126 Å². The Balaban J connectivity index is 2.16. The van der Waals surface area contributed by atoms with Crippen LogP contribution in [-0.4, -0.2) is 24.2 Å². The van der Waals surface area contributed by atoms with Gasteiger partial charge in [-0.1, -0.05) is 22.0 Å². The van der Waals surface area contributed by atoms with Gasteiger partial charge in [-0.25, -0.2) is 0 Å². The largest absolute Gasteiger partial charge is 0.383 e. The van der Waals surface area contributed by atoms with Gasteiger partial charge in [-0.3, -0.25) is 4.79 Å². The number of nitrogens with zero attached hydrogens (tertiary/aromatic N) is 1. The molecular weight excluding hydrogens is 320 g/mol. The molecule has 1 amide bonds. The molecule has 106 valence electrons. The second-order valence-corrected chi connectivity index (χ2v) is 5.41. The van der Waals surface area contributed by atoms with E-state index in [-0.39, 0.29) is 5.91 Å². The molecule has 1 heterocycles. The number of aryl methyl sites for hydroxylation is 1. The van der Waals surface area contributed by atoms with E-state index in [4.69, 9.17) is 4.74 Å². The number of nitrogens with one attached hydrogen (secondary N) is 1. The molecule has 1 aromatic heterocycles. The summed E-state index contributed by atoms with van der Waals surface area (Å²) >= 11 is 3.41. The summed E-state index contributed by atoms with van der Waals surface area (Å²) in [6.07, 6.45) is 1.88.